The Labute approximate surface area is 148 Å². The number of aromatic nitrogens is 1. The molecule has 8 heteroatoms. The van der Waals surface area contributed by atoms with Crippen LogP contribution in [-0.2, 0) is 11.2 Å². The number of fused-ring (bicyclic) bond motifs is 2. The van der Waals surface area contributed by atoms with Gasteiger partial charge in [0.15, 0.2) is 0 Å². The summed E-state index contributed by atoms with van der Waals surface area (Å²) in [6, 6.07) is -0.919. The highest BCUT2D eigenvalue weighted by Crippen LogP contribution is 2.61. The highest BCUT2D eigenvalue weighted by atomic mass is 16.3. The highest BCUT2D eigenvalue weighted by Gasteiger charge is 2.68. The van der Waals surface area contributed by atoms with Gasteiger partial charge in [-0.1, -0.05) is 0 Å². The molecule has 2 fully saturated rings. The molecule has 0 amide bonds. The lowest BCUT2D eigenvalue weighted by Crippen LogP contribution is -2.73. The number of rotatable bonds is 0. The number of carbonyl (C=O) groups is 2. The second-order valence-electron chi connectivity index (χ2n) is 8.08. The minimum atomic E-state index is -1.32. The Bertz CT molecular complexity index is 920. The third kappa shape index (κ3) is 1.41. The number of Topliss-reactive ketones (excluding diaryl/α,β-unsaturated/α-hetero) is 2. The van der Waals surface area contributed by atoms with Crippen molar-refractivity contribution in [2.75, 3.05) is 6.54 Å². The van der Waals surface area contributed by atoms with Crippen LogP contribution in [0.3, 0.4) is 0 Å². The Hall–Kier alpha value is -2.00. The first-order valence-corrected chi connectivity index (χ1v) is 9.04. The number of ketones is 2. The minimum absolute atomic E-state index is 0.0156. The van der Waals surface area contributed by atoms with Crippen molar-refractivity contribution in [3.05, 3.63) is 34.3 Å². The Morgan fingerprint density at radius 2 is 2.04 bits per heavy atom. The molecule has 6 unspecified atom stereocenters. The lowest BCUT2D eigenvalue weighted by atomic mass is 9.53. The van der Waals surface area contributed by atoms with Gasteiger partial charge in [0.05, 0.1) is 41.1 Å². The molecule has 2 bridgehead atoms. The quantitative estimate of drug-likeness (QED) is 0.392. The van der Waals surface area contributed by atoms with Gasteiger partial charge >= 0.3 is 0 Å². The summed E-state index contributed by atoms with van der Waals surface area (Å²) >= 11 is 0. The topological polar surface area (TPSA) is 126 Å². The summed E-state index contributed by atoms with van der Waals surface area (Å²) in [6.07, 6.45) is -0.713. The fraction of sp³-hybridized carbons (Fsp3) is 0.556. The molecule has 6 atom stereocenters. The van der Waals surface area contributed by atoms with Gasteiger partial charge in [-0.2, -0.15) is 0 Å². The Morgan fingerprint density at radius 1 is 1.23 bits per heavy atom. The van der Waals surface area contributed by atoms with Crippen LogP contribution < -0.4 is 5.32 Å². The third-order valence-electron chi connectivity index (χ3n) is 7.05. The van der Waals surface area contributed by atoms with Gasteiger partial charge in [-0.25, -0.2) is 0 Å². The van der Waals surface area contributed by atoms with Gasteiger partial charge in [0.25, 0.3) is 0 Å². The smallest absolute Gasteiger partial charge is 0.225 e. The molecule has 2 aliphatic carbocycles. The normalized spacial score (nSPS) is 43.3. The molecule has 1 aromatic rings. The van der Waals surface area contributed by atoms with Gasteiger partial charge in [-0.3, -0.25) is 14.5 Å². The maximum absolute atomic E-state index is 13.1. The lowest BCUT2D eigenvalue weighted by Gasteiger charge is -2.62. The van der Waals surface area contributed by atoms with Crippen LogP contribution >= 0.6 is 0 Å². The molecule has 1 spiro atoms. The number of hydrogen-bond donors (Lipinski definition) is 5. The summed E-state index contributed by atoms with van der Waals surface area (Å²) in [6.45, 7) is 0.630. The van der Waals surface area contributed by atoms with E-state index in [1.807, 2.05) is 11.1 Å². The van der Waals surface area contributed by atoms with E-state index in [0.717, 1.165) is 11.1 Å². The third-order valence-corrected chi connectivity index (χ3v) is 7.05. The molecule has 0 radical (unpaired) electrons. The first-order valence-electron chi connectivity index (χ1n) is 9.04. The summed E-state index contributed by atoms with van der Waals surface area (Å²) in [5.74, 6) is -0.567. The predicted molar refractivity (Wildman–Crippen MR) is 86.9 cm³/mol. The number of allylic oxidation sites excluding steroid dienone is 1. The molecule has 1 aromatic heterocycles. The number of nitrogens with one attached hydrogen (secondary N) is 2. The molecular formula is C18H19N3O5. The van der Waals surface area contributed by atoms with Crippen molar-refractivity contribution in [1.29, 1.82) is 0 Å². The standard InChI is InChI=1S/C18H19N3O5/c22-7-3-8(23)18-4-9(24)20-13-11(18)15-10-6(5-19-12(10)16(13)25)1-2-21(15)14(7)17(18)26/h5,7,9,14-15,17,19-20,22,24,26H,1-4H2. The van der Waals surface area contributed by atoms with Crippen molar-refractivity contribution in [2.45, 2.75) is 49.8 Å². The van der Waals surface area contributed by atoms with Crippen LogP contribution in [0.1, 0.15) is 40.5 Å². The first kappa shape index (κ1) is 15.1. The van der Waals surface area contributed by atoms with Gasteiger partial charge in [0.1, 0.15) is 12.0 Å². The number of nitrogens with zero attached hydrogens (tertiary/aromatic N) is 1. The zero-order chi connectivity index (χ0) is 18.0. The summed E-state index contributed by atoms with van der Waals surface area (Å²) in [4.78, 5) is 31.3. The monoisotopic (exact) mass is 357 g/mol. The molecule has 5 N–H and O–H groups in total. The van der Waals surface area contributed by atoms with Crippen LogP contribution in [-0.4, -0.2) is 67.8 Å². The number of H-pyrrole nitrogens is 1. The molecule has 6 rings (SSSR count). The van der Waals surface area contributed by atoms with Crippen molar-refractivity contribution < 1.29 is 24.9 Å². The average Bonchev–Trinajstić information content (AvgIpc) is 3.03. The Morgan fingerprint density at radius 3 is 2.85 bits per heavy atom. The van der Waals surface area contributed by atoms with Crippen LogP contribution in [0.15, 0.2) is 17.5 Å². The largest absolute Gasteiger partial charge is 0.391 e. The van der Waals surface area contributed by atoms with E-state index in [4.69, 9.17) is 0 Å². The average molecular weight is 357 g/mol. The van der Waals surface area contributed by atoms with E-state index in [9.17, 15) is 24.9 Å². The first-order chi connectivity index (χ1) is 12.4. The van der Waals surface area contributed by atoms with Crippen molar-refractivity contribution in [1.82, 2.24) is 15.2 Å². The molecule has 5 aliphatic rings. The number of hydrogen-bond acceptors (Lipinski definition) is 7. The van der Waals surface area contributed by atoms with E-state index < -0.39 is 29.9 Å². The second-order valence-corrected chi connectivity index (χ2v) is 8.08. The van der Waals surface area contributed by atoms with Crippen molar-refractivity contribution in [3.8, 4) is 0 Å². The molecule has 1 saturated heterocycles. The van der Waals surface area contributed by atoms with Gasteiger partial charge in [0, 0.05) is 31.1 Å². The maximum Gasteiger partial charge on any atom is 0.225 e. The lowest BCUT2D eigenvalue weighted by molar-refractivity contribution is -0.178. The molecular weight excluding hydrogens is 338 g/mol. The molecule has 26 heavy (non-hydrogen) atoms. The maximum atomic E-state index is 13.1. The van der Waals surface area contributed by atoms with E-state index in [-0.39, 0.29) is 36.1 Å². The molecule has 1 saturated carbocycles. The predicted octanol–water partition coefficient (Wildman–Crippen LogP) is -1.26. The molecule has 3 aliphatic heterocycles. The Kier molecular flexibility index (Phi) is 2.59. The van der Waals surface area contributed by atoms with E-state index in [1.54, 1.807) is 0 Å². The second kappa shape index (κ2) is 4.45. The zero-order valence-electron chi connectivity index (χ0n) is 13.9. The van der Waals surface area contributed by atoms with Crippen LogP contribution in [0, 0.1) is 5.41 Å². The van der Waals surface area contributed by atoms with E-state index in [1.165, 1.54) is 0 Å². The number of carbonyl (C=O) groups excluding carboxylic acids is 2. The number of piperidine rings is 1. The SMILES string of the molecule is O=C1C2=C3C4c5c(c[nH]c51)CCN4C1C(O)CC(=O)C3(CC(O)N2)C1O. The number of aromatic amines is 1. The Balaban J connectivity index is 1.72. The summed E-state index contributed by atoms with van der Waals surface area (Å²) < 4.78 is 0. The number of aliphatic hydroxyl groups is 3. The van der Waals surface area contributed by atoms with Crippen molar-refractivity contribution in [2.24, 2.45) is 5.41 Å². The summed E-state index contributed by atoms with van der Waals surface area (Å²) in [7, 11) is 0. The molecule has 0 aromatic carbocycles. The molecule has 8 nitrogen and oxygen atoms in total. The van der Waals surface area contributed by atoms with Gasteiger partial charge in [0.2, 0.25) is 5.78 Å². The van der Waals surface area contributed by atoms with Crippen LogP contribution in [0.5, 0.6) is 0 Å². The van der Waals surface area contributed by atoms with Crippen LogP contribution in [0.25, 0.3) is 0 Å². The minimum Gasteiger partial charge on any atom is -0.391 e. The van der Waals surface area contributed by atoms with Crippen LogP contribution in [0.2, 0.25) is 0 Å². The van der Waals surface area contributed by atoms with Crippen LogP contribution in [0.4, 0.5) is 0 Å². The van der Waals surface area contributed by atoms with Crippen molar-refractivity contribution in [3.63, 3.8) is 0 Å². The van der Waals surface area contributed by atoms with E-state index >= 15 is 0 Å². The van der Waals surface area contributed by atoms with E-state index in [0.29, 0.717) is 24.2 Å². The summed E-state index contributed by atoms with van der Waals surface area (Å²) in [5, 5.41) is 35.0. The van der Waals surface area contributed by atoms with E-state index in [2.05, 4.69) is 10.3 Å². The summed E-state index contributed by atoms with van der Waals surface area (Å²) in [5.41, 5.74) is 1.87. The van der Waals surface area contributed by atoms with Gasteiger partial charge in [-0.15, -0.1) is 0 Å². The fourth-order valence-corrected chi connectivity index (χ4v) is 6.09. The van der Waals surface area contributed by atoms with Gasteiger partial charge < -0.3 is 25.6 Å². The van der Waals surface area contributed by atoms with Gasteiger partial charge in [-0.05, 0) is 17.6 Å². The fourth-order valence-electron chi connectivity index (χ4n) is 6.09. The number of aliphatic hydroxyl groups excluding tert-OH is 3. The highest BCUT2D eigenvalue weighted by molar-refractivity contribution is 6.12. The van der Waals surface area contributed by atoms with Crippen molar-refractivity contribution >= 4 is 11.6 Å². The zero-order valence-corrected chi connectivity index (χ0v) is 13.9. The molecule has 4 heterocycles. The molecule has 136 valence electrons.